The molecule has 0 N–H and O–H groups in total. The van der Waals surface area contributed by atoms with Crippen LogP contribution in [-0.4, -0.2) is 13.2 Å². The first kappa shape index (κ1) is 19.0. The Bertz CT molecular complexity index is 802. The summed E-state index contributed by atoms with van der Waals surface area (Å²) in [6, 6.07) is 18.5. The first-order chi connectivity index (χ1) is 12.1. The number of nitrogens with zero attached hydrogens (tertiary/aromatic N) is 1. The first-order valence-electron chi connectivity index (χ1n) is 7.95. The van der Waals surface area contributed by atoms with Gasteiger partial charge in [0.25, 0.3) is 0 Å². The molecule has 2 rings (SSSR count). The molecule has 2 aromatic rings. The van der Waals surface area contributed by atoms with Crippen LogP contribution in [0.15, 0.2) is 59.9 Å². The number of ether oxygens (including phenoxy) is 1. The smallest absolute Gasteiger partial charge is 0.371 e. The van der Waals surface area contributed by atoms with Crippen LogP contribution in [0.1, 0.15) is 19.4 Å². The van der Waals surface area contributed by atoms with Gasteiger partial charge in [-0.2, -0.15) is 5.26 Å². The highest BCUT2D eigenvalue weighted by Gasteiger charge is 2.29. The zero-order valence-corrected chi connectivity index (χ0v) is 15.1. The van der Waals surface area contributed by atoms with Crippen molar-refractivity contribution in [2.45, 2.75) is 13.8 Å². The highest BCUT2D eigenvalue weighted by molar-refractivity contribution is 7.59. The highest BCUT2D eigenvalue weighted by Crippen LogP contribution is 2.56. The van der Waals surface area contributed by atoms with Crippen molar-refractivity contribution in [3.63, 3.8) is 0 Å². The van der Waals surface area contributed by atoms with Crippen LogP contribution in [0.5, 0.6) is 11.5 Å². The summed E-state index contributed by atoms with van der Waals surface area (Å²) in [7, 11) is -3.62. The SMILES string of the molecule is CCOP(=O)(OCC)/C(C#N)=C/c1cccc(Oc2ccccc2)c1. The van der Waals surface area contributed by atoms with Gasteiger partial charge >= 0.3 is 7.60 Å². The van der Waals surface area contributed by atoms with E-state index in [9.17, 15) is 9.83 Å². The molecular weight excluding hydrogens is 337 g/mol. The Kier molecular flexibility index (Phi) is 6.97. The normalized spacial score (nSPS) is 11.8. The van der Waals surface area contributed by atoms with Gasteiger partial charge in [0.15, 0.2) is 0 Å². The van der Waals surface area contributed by atoms with Crippen molar-refractivity contribution < 1.29 is 18.3 Å². The Labute approximate surface area is 148 Å². The molecule has 0 heterocycles. The van der Waals surface area contributed by atoms with Gasteiger partial charge in [-0.15, -0.1) is 0 Å². The fraction of sp³-hybridized carbons (Fsp3) is 0.211. The van der Waals surface area contributed by atoms with Crippen LogP contribution in [0, 0.1) is 11.3 Å². The summed E-state index contributed by atoms with van der Waals surface area (Å²) in [5, 5.41) is 9.36. The largest absolute Gasteiger partial charge is 0.457 e. The first-order valence-corrected chi connectivity index (χ1v) is 9.50. The van der Waals surface area contributed by atoms with E-state index in [0.717, 1.165) is 0 Å². The van der Waals surface area contributed by atoms with Gasteiger partial charge in [-0.1, -0.05) is 30.3 Å². The van der Waals surface area contributed by atoms with E-state index in [-0.39, 0.29) is 18.5 Å². The lowest BCUT2D eigenvalue weighted by Crippen LogP contribution is -1.97. The van der Waals surface area contributed by atoms with Gasteiger partial charge < -0.3 is 13.8 Å². The van der Waals surface area contributed by atoms with Crippen molar-refractivity contribution >= 4 is 13.7 Å². The molecule has 0 aliphatic carbocycles. The average Bonchev–Trinajstić information content (AvgIpc) is 2.61. The molecule has 5 nitrogen and oxygen atoms in total. The van der Waals surface area contributed by atoms with E-state index in [4.69, 9.17) is 13.8 Å². The molecule has 0 aromatic heterocycles. The third-order valence-corrected chi connectivity index (χ3v) is 5.16. The molecule has 6 heteroatoms. The molecule has 0 radical (unpaired) electrons. The summed E-state index contributed by atoms with van der Waals surface area (Å²) in [6.07, 6.45) is 1.50. The Hall–Kier alpha value is -2.38. The second kappa shape index (κ2) is 9.19. The summed E-state index contributed by atoms with van der Waals surface area (Å²) < 4.78 is 29.0. The fourth-order valence-corrected chi connectivity index (χ4v) is 3.60. The molecule has 0 fully saturated rings. The van der Waals surface area contributed by atoms with E-state index >= 15 is 0 Å². The predicted molar refractivity (Wildman–Crippen MR) is 97.4 cm³/mol. The van der Waals surface area contributed by atoms with Crippen molar-refractivity contribution in [3.05, 3.63) is 65.5 Å². The van der Waals surface area contributed by atoms with Gasteiger partial charge in [-0.3, -0.25) is 4.57 Å². The Morgan fingerprint density at radius 3 is 2.28 bits per heavy atom. The van der Waals surface area contributed by atoms with Crippen LogP contribution in [0.4, 0.5) is 0 Å². The lowest BCUT2D eigenvalue weighted by molar-refractivity contribution is 0.227. The third-order valence-electron chi connectivity index (χ3n) is 3.15. The summed E-state index contributed by atoms with van der Waals surface area (Å²) >= 11 is 0. The molecule has 0 atom stereocenters. The van der Waals surface area contributed by atoms with Gasteiger partial charge in [0.05, 0.1) is 13.2 Å². The third kappa shape index (κ3) is 5.30. The van der Waals surface area contributed by atoms with Crippen molar-refractivity contribution in [2.75, 3.05) is 13.2 Å². The molecule has 25 heavy (non-hydrogen) atoms. The maximum Gasteiger partial charge on any atom is 0.371 e. The molecule has 0 spiro atoms. The van der Waals surface area contributed by atoms with E-state index in [0.29, 0.717) is 17.1 Å². The van der Waals surface area contributed by atoms with E-state index in [1.165, 1.54) is 6.08 Å². The average molecular weight is 357 g/mol. The molecule has 0 amide bonds. The van der Waals surface area contributed by atoms with Gasteiger partial charge in [-0.25, -0.2) is 0 Å². The van der Waals surface area contributed by atoms with Gasteiger partial charge in [0, 0.05) is 0 Å². The zero-order valence-electron chi connectivity index (χ0n) is 14.2. The van der Waals surface area contributed by atoms with Gasteiger partial charge in [0.1, 0.15) is 22.9 Å². The van der Waals surface area contributed by atoms with Crippen molar-refractivity contribution in [1.82, 2.24) is 0 Å². The molecule has 0 saturated heterocycles. The second-order valence-corrected chi connectivity index (χ2v) is 6.96. The molecule has 0 bridgehead atoms. The van der Waals surface area contributed by atoms with E-state index < -0.39 is 7.60 Å². The maximum atomic E-state index is 12.8. The van der Waals surface area contributed by atoms with E-state index in [2.05, 4.69) is 0 Å². The molecule has 130 valence electrons. The maximum absolute atomic E-state index is 12.8. The minimum atomic E-state index is -3.62. The van der Waals surface area contributed by atoms with E-state index in [1.54, 1.807) is 38.1 Å². The number of nitriles is 1. The monoisotopic (exact) mass is 357 g/mol. The van der Waals surface area contributed by atoms with Gasteiger partial charge in [-0.05, 0) is 49.8 Å². The fourth-order valence-electron chi connectivity index (χ4n) is 2.14. The Balaban J connectivity index is 2.30. The van der Waals surface area contributed by atoms with Crippen LogP contribution < -0.4 is 4.74 Å². The van der Waals surface area contributed by atoms with Crippen molar-refractivity contribution in [1.29, 1.82) is 5.26 Å². The quantitative estimate of drug-likeness (QED) is 0.454. The molecule has 0 aliphatic heterocycles. The number of rotatable bonds is 8. The summed E-state index contributed by atoms with van der Waals surface area (Å²) in [5.41, 5.74) is 0.671. The minimum absolute atomic E-state index is 0.0342. The minimum Gasteiger partial charge on any atom is -0.457 e. The topological polar surface area (TPSA) is 68.5 Å². The van der Waals surface area contributed by atoms with Crippen LogP contribution in [-0.2, 0) is 13.6 Å². The molecule has 2 aromatic carbocycles. The molecule has 0 saturated carbocycles. The summed E-state index contributed by atoms with van der Waals surface area (Å²) in [4.78, 5) is 0. The van der Waals surface area contributed by atoms with Crippen LogP contribution in [0.2, 0.25) is 0 Å². The zero-order chi connectivity index (χ0) is 18.1. The number of allylic oxidation sites excluding steroid dienone is 1. The van der Waals surface area contributed by atoms with Crippen LogP contribution >= 0.6 is 7.60 Å². The molecule has 0 aliphatic rings. The summed E-state index contributed by atoms with van der Waals surface area (Å²) in [6.45, 7) is 3.78. The Morgan fingerprint density at radius 1 is 1.04 bits per heavy atom. The lowest BCUT2D eigenvalue weighted by Gasteiger charge is -2.15. The highest BCUT2D eigenvalue weighted by atomic mass is 31.2. The summed E-state index contributed by atoms with van der Waals surface area (Å²) in [5.74, 6) is 1.32. The number of para-hydroxylation sites is 1. The molecule has 0 unspecified atom stereocenters. The van der Waals surface area contributed by atoms with E-state index in [1.807, 2.05) is 36.4 Å². The number of hydrogen-bond acceptors (Lipinski definition) is 5. The second-order valence-electron chi connectivity index (χ2n) is 4.96. The van der Waals surface area contributed by atoms with Crippen molar-refractivity contribution in [3.8, 4) is 17.6 Å². The van der Waals surface area contributed by atoms with Crippen LogP contribution in [0.25, 0.3) is 6.08 Å². The molecular formula is C19H20NO4P. The predicted octanol–water partition coefficient (Wildman–Crippen LogP) is 5.61. The Morgan fingerprint density at radius 2 is 1.68 bits per heavy atom. The number of hydrogen-bond donors (Lipinski definition) is 0. The lowest BCUT2D eigenvalue weighted by atomic mass is 10.2. The van der Waals surface area contributed by atoms with Crippen molar-refractivity contribution in [2.24, 2.45) is 0 Å². The standard InChI is InChI=1S/C19H20NO4P/c1-3-22-25(21,23-4-2)19(15-20)14-16-9-8-12-18(13-16)24-17-10-6-5-7-11-17/h5-14H,3-4H2,1-2H3/b19-14+. The van der Waals surface area contributed by atoms with Gasteiger partial charge in [0.2, 0.25) is 0 Å². The number of benzene rings is 2. The van der Waals surface area contributed by atoms with Crippen LogP contribution in [0.3, 0.4) is 0 Å².